The summed E-state index contributed by atoms with van der Waals surface area (Å²) in [6, 6.07) is 36.0. The van der Waals surface area contributed by atoms with E-state index in [1.807, 2.05) is 26.0 Å². The van der Waals surface area contributed by atoms with Gasteiger partial charge in [0.2, 0.25) is 0 Å². The minimum atomic E-state index is -2.32. The summed E-state index contributed by atoms with van der Waals surface area (Å²) in [5, 5.41) is 6.61. The number of anilines is 1. The van der Waals surface area contributed by atoms with Crippen molar-refractivity contribution in [3.8, 4) is 5.75 Å². The van der Waals surface area contributed by atoms with Crippen molar-refractivity contribution in [1.29, 1.82) is 0 Å². The highest BCUT2D eigenvalue weighted by molar-refractivity contribution is 7.97. The van der Waals surface area contributed by atoms with Gasteiger partial charge in [0.25, 0.3) is 5.91 Å². The SMILES string of the molecule is COc1cc(C)c(NC(=O)C2([P+](c3ccccc3)(c3ccccc3)c3ccccc3)CC2)c(C)c1. The average Bonchev–Trinajstić information content (AvgIpc) is 3.71. The fraction of sp³-hybridized carbons (Fsp3) is 0.194. The zero-order chi connectivity index (χ0) is 24.5. The molecule has 0 aliphatic heterocycles. The second-order valence-electron chi connectivity index (χ2n) is 9.30. The topological polar surface area (TPSA) is 38.3 Å². The molecule has 4 heteroatoms. The molecular weight excluding hydrogens is 449 g/mol. The lowest BCUT2D eigenvalue weighted by Crippen LogP contribution is -2.46. The van der Waals surface area contributed by atoms with Crippen LogP contribution in [-0.4, -0.2) is 18.2 Å². The number of aryl methyl sites for hydroxylation is 2. The number of ether oxygens (including phenoxy) is 1. The number of carbonyl (C=O) groups is 1. The van der Waals surface area contributed by atoms with Gasteiger partial charge in [0, 0.05) is 18.5 Å². The van der Waals surface area contributed by atoms with Gasteiger partial charge < -0.3 is 10.1 Å². The second kappa shape index (κ2) is 9.32. The van der Waals surface area contributed by atoms with E-state index >= 15 is 0 Å². The molecule has 4 aromatic carbocycles. The monoisotopic (exact) mass is 480 g/mol. The first-order valence-corrected chi connectivity index (χ1v) is 13.8. The molecule has 3 nitrogen and oxygen atoms in total. The summed E-state index contributed by atoms with van der Waals surface area (Å²) in [4.78, 5) is 14.4. The predicted octanol–water partition coefficient (Wildman–Crippen LogP) is 5.78. The van der Waals surface area contributed by atoms with Crippen LogP contribution in [-0.2, 0) is 4.79 Å². The number of hydrogen-bond acceptors (Lipinski definition) is 2. The molecule has 35 heavy (non-hydrogen) atoms. The lowest BCUT2D eigenvalue weighted by molar-refractivity contribution is -0.116. The van der Waals surface area contributed by atoms with E-state index in [1.54, 1.807) is 7.11 Å². The highest BCUT2D eigenvalue weighted by Gasteiger charge is 2.73. The van der Waals surface area contributed by atoms with Crippen LogP contribution in [0.4, 0.5) is 5.69 Å². The molecule has 0 saturated heterocycles. The Hall–Kier alpha value is -3.42. The molecule has 0 radical (unpaired) electrons. The maximum atomic E-state index is 14.4. The van der Waals surface area contributed by atoms with Crippen molar-refractivity contribution < 1.29 is 9.53 Å². The Bertz CT molecular complexity index is 1210. The van der Waals surface area contributed by atoms with Crippen molar-refractivity contribution in [2.24, 2.45) is 0 Å². The minimum Gasteiger partial charge on any atom is -0.497 e. The van der Waals surface area contributed by atoms with E-state index in [9.17, 15) is 4.79 Å². The lowest BCUT2D eigenvalue weighted by atomic mass is 10.1. The zero-order valence-electron chi connectivity index (χ0n) is 20.5. The molecule has 0 bridgehead atoms. The summed E-state index contributed by atoms with van der Waals surface area (Å²) >= 11 is 0. The van der Waals surface area contributed by atoms with Crippen molar-refractivity contribution in [2.75, 3.05) is 12.4 Å². The maximum absolute atomic E-state index is 14.4. The van der Waals surface area contributed by atoms with Crippen molar-refractivity contribution in [3.05, 3.63) is 114 Å². The van der Waals surface area contributed by atoms with Crippen molar-refractivity contribution in [3.63, 3.8) is 0 Å². The van der Waals surface area contributed by atoms with E-state index in [4.69, 9.17) is 4.74 Å². The molecule has 5 rings (SSSR count). The number of carbonyl (C=O) groups excluding carboxylic acids is 1. The average molecular weight is 481 g/mol. The smallest absolute Gasteiger partial charge is 0.269 e. The van der Waals surface area contributed by atoms with Crippen LogP contribution in [0.1, 0.15) is 24.0 Å². The molecule has 1 fully saturated rings. The minimum absolute atomic E-state index is 0.110. The van der Waals surface area contributed by atoms with Gasteiger partial charge in [-0.15, -0.1) is 0 Å². The van der Waals surface area contributed by atoms with Gasteiger partial charge in [0.15, 0.2) is 5.16 Å². The molecule has 4 aromatic rings. The number of methoxy groups -OCH3 is 1. The van der Waals surface area contributed by atoms with Crippen LogP contribution >= 0.6 is 7.26 Å². The lowest BCUT2D eigenvalue weighted by Gasteiger charge is -2.34. The van der Waals surface area contributed by atoms with Crippen LogP contribution in [0.3, 0.4) is 0 Å². The number of amides is 1. The normalized spacial score (nSPS) is 14.3. The van der Waals surface area contributed by atoms with Crippen LogP contribution in [0.25, 0.3) is 0 Å². The molecule has 0 atom stereocenters. The summed E-state index contributed by atoms with van der Waals surface area (Å²) in [6.45, 7) is 4.05. The number of nitrogens with one attached hydrogen (secondary N) is 1. The summed E-state index contributed by atoms with van der Waals surface area (Å²) in [5.74, 6) is 0.914. The molecule has 0 unspecified atom stereocenters. The molecule has 1 aliphatic carbocycles. The van der Waals surface area contributed by atoms with E-state index in [2.05, 4.69) is 96.3 Å². The van der Waals surface area contributed by atoms with Crippen LogP contribution in [0, 0.1) is 13.8 Å². The third kappa shape index (κ3) is 3.85. The van der Waals surface area contributed by atoms with Gasteiger partial charge >= 0.3 is 0 Å². The molecule has 0 aromatic heterocycles. The van der Waals surface area contributed by atoms with Gasteiger partial charge in [0.1, 0.15) is 28.9 Å². The maximum Gasteiger partial charge on any atom is 0.269 e. The Morgan fingerprint density at radius 1 is 0.743 bits per heavy atom. The highest BCUT2D eigenvalue weighted by Crippen LogP contribution is 2.75. The quantitative estimate of drug-likeness (QED) is 0.341. The standard InChI is InChI=1S/C31H30NO2P/c1-23-21-25(34-3)22-24(2)29(23)32-30(33)31(19-20-31)35(26-13-7-4-8-14-26,27-15-9-5-10-16-27)28-17-11-6-12-18-28/h4-18,21-22H,19-20H2,1-3H3/p+1. The van der Waals surface area contributed by atoms with Crippen LogP contribution in [0.5, 0.6) is 5.75 Å². The molecule has 1 N–H and O–H groups in total. The van der Waals surface area contributed by atoms with Gasteiger partial charge in [-0.3, -0.25) is 4.79 Å². The van der Waals surface area contributed by atoms with E-state index < -0.39 is 12.4 Å². The fourth-order valence-electron chi connectivity index (χ4n) is 5.45. The Morgan fingerprint density at radius 3 is 1.49 bits per heavy atom. The molecule has 1 amide bonds. The molecule has 1 saturated carbocycles. The third-order valence-corrected chi connectivity index (χ3v) is 12.4. The van der Waals surface area contributed by atoms with Gasteiger partial charge in [-0.2, -0.15) is 0 Å². The summed E-state index contributed by atoms with van der Waals surface area (Å²) in [6.07, 6.45) is 1.72. The van der Waals surface area contributed by atoms with Gasteiger partial charge in [-0.25, -0.2) is 0 Å². The first-order chi connectivity index (χ1) is 17.0. The van der Waals surface area contributed by atoms with E-state index in [0.717, 1.165) is 35.4 Å². The Balaban J connectivity index is 1.71. The Kier molecular flexibility index (Phi) is 6.21. The Morgan fingerprint density at radius 2 is 1.14 bits per heavy atom. The van der Waals surface area contributed by atoms with Crippen molar-refractivity contribution >= 4 is 34.8 Å². The third-order valence-electron chi connectivity index (χ3n) is 7.20. The molecule has 1 aliphatic rings. The van der Waals surface area contributed by atoms with Crippen LogP contribution in [0.15, 0.2) is 103 Å². The second-order valence-corrected chi connectivity index (χ2v) is 13.0. The predicted molar refractivity (Wildman–Crippen MR) is 148 cm³/mol. The van der Waals surface area contributed by atoms with Crippen molar-refractivity contribution in [1.82, 2.24) is 0 Å². The zero-order valence-corrected chi connectivity index (χ0v) is 21.4. The molecule has 0 spiro atoms. The summed E-state index contributed by atoms with van der Waals surface area (Å²) < 4.78 is 5.44. The van der Waals surface area contributed by atoms with Crippen LogP contribution < -0.4 is 26.0 Å². The number of rotatable bonds is 7. The first-order valence-electron chi connectivity index (χ1n) is 12.1. The highest BCUT2D eigenvalue weighted by atomic mass is 31.2. The van der Waals surface area contributed by atoms with Gasteiger partial charge in [-0.1, -0.05) is 54.6 Å². The van der Waals surface area contributed by atoms with Gasteiger partial charge in [-0.05, 0) is 73.5 Å². The van der Waals surface area contributed by atoms with E-state index in [0.29, 0.717) is 0 Å². The summed E-state index contributed by atoms with van der Waals surface area (Å²) in [7, 11) is -0.650. The number of hydrogen-bond donors (Lipinski definition) is 1. The van der Waals surface area contributed by atoms with Crippen LogP contribution in [0.2, 0.25) is 0 Å². The first kappa shape index (κ1) is 23.3. The van der Waals surface area contributed by atoms with E-state index in [1.165, 1.54) is 15.9 Å². The van der Waals surface area contributed by atoms with Crippen molar-refractivity contribution in [2.45, 2.75) is 31.8 Å². The molecule has 0 heterocycles. The summed E-state index contributed by atoms with van der Waals surface area (Å²) in [5.41, 5.74) is 2.90. The fourth-order valence-corrected chi connectivity index (χ4v) is 10.8. The largest absolute Gasteiger partial charge is 0.497 e. The van der Waals surface area contributed by atoms with E-state index in [-0.39, 0.29) is 5.91 Å². The number of benzene rings is 4. The van der Waals surface area contributed by atoms with Gasteiger partial charge in [0.05, 0.1) is 7.11 Å². The molecular formula is C31H31NO2P+. The molecule has 176 valence electrons. The Labute approximate surface area is 208 Å².